The summed E-state index contributed by atoms with van der Waals surface area (Å²) in [5.41, 5.74) is 5.60. The lowest BCUT2D eigenvalue weighted by molar-refractivity contribution is 0.0950. The maximum atomic E-state index is 12.7. The van der Waals surface area contributed by atoms with Gasteiger partial charge in [0.25, 0.3) is 5.91 Å². The fourth-order valence-corrected chi connectivity index (χ4v) is 3.54. The summed E-state index contributed by atoms with van der Waals surface area (Å²) in [5, 5.41) is 7.28. The van der Waals surface area contributed by atoms with Crippen molar-refractivity contribution in [1.82, 2.24) is 20.1 Å². The van der Waals surface area contributed by atoms with Crippen LogP contribution in [0.3, 0.4) is 0 Å². The number of carbonyl (C=O) groups is 1. The highest BCUT2D eigenvalue weighted by atomic mass is 16.1. The van der Waals surface area contributed by atoms with Crippen molar-refractivity contribution < 1.29 is 4.79 Å². The monoisotopic (exact) mass is 332 g/mol. The third-order valence-electron chi connectivity index (χ3n) is 4.79. The molecule has 1 N–H and O–H groups in total. The number of amides is 1. The van der Waals surface area contributed by atoms with E-state index in [0.717, 1.165) is 36.2 Å². The smallest absolute Gasteiger partial charge is 0.251 e. The number of fused-ring (bicyclic) bond motifs is 1. The van der Waals surface area contributed by atoms with Crippen LogP contribution in [0.15, 0.2) is 48.9 Å². The summed E-state index contributed by atoms with van der Waals surface area (Å²) in [6, 6.07) is 9.69. The van der Waals surface area contributed by atoms with Crippen molar-refractivity contribution in [2.45, 2.75) is 32.7 Å². The Morgan fingerprint density at radius 1 is 1.16 bits per heavy atom. The Kier molecular flexibility index (Phi) is 4.06. The van der Waals surface area contributed by atoms with E-state index in [-0.39, 0.29) is 5.91 Å². The van der Waals surface area contributed by atoms with Crippen LogP contribution in [0.25, 0.3) is 5.82 Å². The lowest BCUT2D eigenvalue weighted by Crippen LogP contribution is -2.25. The predicted molar refractivity (Wildman–Crippen MR) is 95.7 cm³/mol. The number of hydrogen-bond donors (Lipinski definition) is 1. The number of carbonyl (C=O) groups excluding carboxylic acids is 1. The summed E-state index contributed by atoms with van der Waals surface area (Å²) in [5.74, 6) is 0.718. The molecular formula is C20H20N4O. The van der Waals surface area contributed by atoms with E-state index in [0.29, 0.717) is 6.54 Å². The Morgan fingerprint density at radius 2 is 2.04 bits per heavy atom. The maximum absolute atomic E-state index is 12.7. The highest BCUT2D eigenvalue weighted by Crippen LogP contribution is 2.28. The summed E-state index contributed by atoms with van der Waals surface area (Å²) >= 11 is 0. The number of aromatic nitrogens is 3. The van der Waals surface area contributed by atoms with Gasteiger partial charge in [-0.15, -0.1) is 0 Å². The Morgan fingerprint density at radius 3 is 2.88 bits per heavy atom. The van der Waals surface area contributed by atoms with E-state index in [1.165, 1.54) is 16.7 Å². The summed E-state index contributed by atoms with van der Waals surface area (Å²) in [4.78, 5) is 17.1. The van der Waals surface area contributed by atoms with Gasteiger partial charge in [-0.25, -0.2) is 9.67 Å². The van der Waals surface area contributed by atoms with Crippen LogP contribution < -0.4 is 5.32 Å². The molecular weight excluding hydrogens is 312 g/mol. The number of pyridine rings is 1. The van der Waals surface area contributed by atoms with Crippen LogP contribution in [0.5, 0.6) is 0 Å². The molecule has 5 nitrogen and oxygen atoms in total. The Bertz CT molecular complexity index is 915. The van der Waals surface area contributed by atoms with E-state index in [1.807, 2.05) is 30.5 Å². The molecule has 0 atom stereocenters. The fraction of sp³-hybridized carbons (Fsp3) is 0.250. The van der Waals surface area contributed by atoms with E-state index in [2.05, 4.69) is 28.4 Å². The van der Waals surface area contributed by atoms with Crippen molar-refractivity contribution in [3.63, 3.8) is 0 Å². The predicted octanol–water partition coefficient (Wildman–Crippen LogP) is 2.99. The van der Waals surface area contributed by atoms with Gasteiger partial charge in [0.05, 0.1) is 0 Å². The first-order valence-electron chi connectivity index (χ1n) is 8.57. The molecule has 0 spiro atoms. The van der Waals surface area contributed by atoms with Crippen molar-refractivity contribution in [3.05, 3.63) is 76.7 Å². The lowest BCUT2D eigenvalue weighted by atomic mass is 9.98. The van der Waals surface area contributed by atoms with Gasteiger partial charge in [0.1, 0.15) is 0 Å². The number of nitrogens with one attached hydrogen (secondary N) is 1. The van der Waals surface area contributed by atoms with Gasteiger partial charge in [-0.05, 0) is 61.1 Å². The highest BCUT2D eigenvalue weighted by molar-refractivity contribution is 5.96. The van der Waals surface area contributed by atoms with Crippen LogP contribution in [0, 0.1) is 6.92 Å². The average molecular weight is 332 g/mol. The van der Waals surface area contributed by atoms with Gasteiger partial charge in [-0.3, -0.25) is 4.79 Å². The minimum Gasteiger partial charge on any atom is -0.348 e. The molecule has 0 radical (unpaired) electrons. The highest BCUT2D eigenvalue weighted by Gasteiger charge is 2.20. The number of nitrogens with zero attached hydrogens (tertiary/aromatic N) is 3. The molecule has 126 valence electrons. The Balaban J connectivity index is 1.55. The fourth-order valence-electron chi connectivity index (χ4n) is 3.54. The molecule has 0 saturated carbocycles. The van der Waals surface area contributed by atoms with Crippen LogP contribution in [0.2, 0.25) is 0 Å². The number of rotatable bonds is 4. The summed E-state index contributed by atoms with van der Waals surface area (Å²) < 4.78 is 1.71. The molecule has 1 amide bonds. The maximum Gasteiger partial charge on any atom is 0.251 e. The molecule has 2 aromatic heterocycles. The first-order valence-corrected chi connectivity index (χ1v) is 8.57. The largest absolute Gasteiger partial charge is 0.348 e. The summed E-state index contributed by atoms with van der Waals surface area (Å²) in [6.07, 6.45) is 8.49. The molecule has 2 heterocycles. The normalized spacial score (nSPS) is 12.8. The van der Waals surface area contributed by atoms with Crippen LogP contribution in [-0.4, -0.2) is 20.7 Å². The van der Waals surface area contributed by atoms with Gasteiger partial charge in [-0.1, -0.05) is 12.1 Å². The van der Waals surface area contributed by atoms with Crippen molar-refractivity contribution in [3.8, 4) is 5.82 Å². The molecule has 25 heavy (non-hydrogen) atoms. The molecule has 0 bridgehead atoms. The van der Waals surface area contributed by atoms with E-state index >= 15 is 0 Å². The van der Waals surface area contributed by atoms with Gasteiger partial charge in [-0.2, -0.15) is 5.10 Å². The van der Waals surface area contributed by atoms with E-state index in [4.69, 9.17) is 0 Å². The molecule has 1 aliphatic rings. The zero-order chi connectivity index (χ0) is 17.2. The number of aryl methyl sites for hydroxylation is 1. The zero-order valence-corrected chi connectivity index (χ0v) is 14.2. The number of hydrogen-bond acceptors (Lipinski definition) is 3. The summed E-state index contributed by atoms with van der Waals surface area (Å²) in [6.45, 7) is 2.54. The third-order valence-corrected chi connectivity index (χ3v) is 4.79. The molecule has 1 aliphatic carbocycles. The van der Waals surface area contributed by atoms with Crippen molar-refractivity contribution in [1.29, 1.82) is 0 Å². The minimum atomic E-state index is -0.0200. The van der Waals surface area contributed by atoms with Crippen molar-refractivity contribution >= 4 is 5.91 Å². The zero-order valence-electron chi connectivity index (χ0n) is 14.2. The van der Waals surface area contributed by atoms with Crippen LogP contribution in [0.1, 0.15) is 39.0 Å². The van der Waals surface area contributed by atoms with Crippen LogP contribution >= 0.6 is 0 Å². The second-order valence-electron chi connectivity index (χ2n) is 6.36. The van der Waals surface area contributed by atoms with Gasteiger partial charge in [0, 0.05) is 36.3 Å². The minimum absolute atomic E-state index is 0.0200. The molecule has 0 fully saturated rings. The molecule has 4 rings (SSSR count). The standard InChI is InChI=1S/C20H20N4O/c1-14-8-9-18(17-7-2-6-16(14)17)20(25)22-13-15-5-3-10-21-19(15)24-12-4-11-23-24/h3-5,8-12H,2,6-7,13H2,1H3,(H,22,25). The van der Waals surface area contributed by atoms with Crippen molar-refractivity contribution in [2.24, 2.45) is 0 Å². The van der Waals surface area contributed by atoms with Gasteiger partial charge in [0.15, 0.2) is 5.82 Å². The average Bonchev–Trinajstić information content (AvgIpc) is 3.32. The van der Waals surface area contributed by atoms with Gasteiger partial charge < -0.3 is 5.32 Å². The molecule has 0 saturated heterocycles. The topological polar surface area (TPSA) is 59.8 Å². The second-order valence-corrected chi connectivity index (χ2v) is 6.36. The SMILES string of the molecule is Cc1ccc(C(=O)NCc2cccnc2-n2cccn2)c2c1CCC2. The second kappa shape index (κ2) is 6.51. The molecule has 0 aliphatic heterocycles. The van der Waals surface area contributed by atoms with E-state index in [1.54, 1.807) is 17.1 Å². The molecule has 1 aromatic carbocycles. The van der Waals surface area contributed by atoms with Gasteiger partial charge >= 0.3 is 0 Å². The van der Waals surface area contributed by atoms with E-state index in [9.17, 15) is 4.79 Å². The van der Waals surface area contributed by atoms with Crippen molar-refractivity contribution in [2.75, 3.05) is 0 Å². The molecule has 5 heteroatoms. The lowest BCUT2D eigenvalue weighted by Gasteiger charge is -2.13. The van der Waals surface area contributed by atoms with E-state index < -0.39 is 0 Å². The summed E-state index contributed by atoms with van der Waals surface area (Å²) in [7, 11) is 0. The quantitative estimate of drug-likeness (QED) is 0.799. The van der Waals surface area contributed by atoms with Crippen LogP contribution in [-0.2, 0) is 19.4 Å². The Hall–Kier alpha value is -2.95. The third kappa shape index (κ3) is 2.93. The molecule has 0 unspecified atom stereocenters. The first kappa shape index (κ1) is 15.6. The Labute approximate surface area is 146 Å². The van der Waals surface area contributed by atoms with Crippen LogP contribution in [0.4, 0.5) is 0 Å². The number of benzene rings is 1. The first-order chi connectivity index (χ1) is 12.2. The molecule has 3 aromatic rings. The van der Waals surface area contributed by atoms with Gasteiger partial charge in [0.2, 0.25) is 0 Å².